The number of ether oxygens (including phenoxy) is 3. The van der Waals surface area contributed by atoms with E-state index in [0.29, 0.717) is 17.1 Å². The predicted octanol–water partition coefficient (Wildman–Crippen LogP) is 4.34. The minimum atomic E-state index is -4.66. The minimum Gasteiger partial charge on any atom is -0.497 e. The highest BCUT2D eigenvalue weighted by Crippen LogP contribution is 2.38. The van der Waals surface area contributed by atoms with Crippen LogP contribution in [-0.4, -0.2) is 42.9 Å². The fourth-order valence-corrected chi connectivity index (χ4v) is 2.97. The number of halogens is 3. The Bertz CT molecular complexity index is 1180. The molecule has 3 aromatic rings. The average Bonchev–Trinajstić information content (AvgIpc) is 2.83. The molecule has 0 saturated carbocycles. The van der Waals surface area contributed by atoms with Gasteiger partial charge in [0.15, 0.2) is 0 Å². The molecule has 0 bridgehead atoms. The average molecular weight is 474 g/mol. The van der Waals surface area contributed by atoms with Gasteiger partial charge in [-0.2, -0.15) is 18.3 Å². The summed E-state index contributed by atoms with van der Waals surface area (Å²) in [6.45, 7) is 1.89. The predicted molar refractivity (Wildman–Crippen MR) is 118 cm³/mol. The van der Waals surface area contributed by atoms with E-state index in [1.54, 1.807) is 25.1 Å². The van der Waals surface area contributed by atoms with Crippen molar-refractivity contribution in [2.75, 3.05) is 20.8 Å². The Kier molecular flexibility index (Phi) is 7.67. The number of hydrazone groups is 1. The fraction of sp³-hybridized carbons (Fsp3) is 0.217. The molecule has 3 rings (SSSR count). The van der Waals surface area contributed by atoms with Gasteiger partial charge in [0.1, 0.15) is 22.9 Å². The van der Waals surface area contributed by atoms with Crippen LogP contribution < -0.4 is 19.6 Å². The number of amides is 1. The Morgan fingerprint density at radius 3 is 2.38 bits per heavy atom. The molecule has 2 aromatic carbocycles. The Hall–Kier alpha value is -4.15. The second-order valence-electron chi connectivity index (χ2n) is 6.77. The summed E-state index contributed by atoms with van der Waals surface area (Å²) < 4.78 is 56.4. The van der Waals surface area contributed by atoms with Gasteiger partial charge >= 0.3 is 6.18 Å². The zero-order chi connectivity index (χ0) is 24.7. The normalized spacial score (nSPS) is 11.4. The van der Waals surface area contributed by atoms with E-state index < -0.39 is 17.6 Å². The number of nitrogens with one attached hydrogen (secondary N) is 1. The number of benzene rings is 2. The summed E-state index contributed by atoms with van der Waals surface area (Å²) in [7, 11) is 3.00. The fourth-order valence-electron chi connectivity index (χ4n) is 2.97. The molecule has 1 heterocycles. The van der Waals surface area contributed by atoms with Gasteiger partial charge < -0.3 is 14.2 Å². The minimum absolute atomic E-state index is 0.0731. The number of hydrogen-bond donors (Lipinski definition) is 1. The molecule has 1 N–H and O–H groups in total. The van der Waals surface area contributed by atoms with Crippen LogP contribution in [0.15, 0.2) is 53.9 Å². The van der Waals surface area contributed by atoms with Crippen molar-refractivity contribution in [1.82, 2.24) is 15.4 Å². The summed E-state index contributed by atoms with van der Waals surface area (Å²) in [6.07, 6.45) is -1.03. The zero-order valence-electron chi connectivity index (χ0n) is 18.5. The van der Waals surface area contributed by atoms with E-state index in [-0.39, 0.29) is 29.3 Å². The molecule has 11 heteroatoms. The van der Waals surface area contributed by atoms with Gasteiger partial charge in [-0.05, 0) is 37.3 Å². The van der Waals surface area contributed by atoms with Crippen LogP contribution in [0.4, 0.5) is 13.2 Å². The molecule has 0 spiro atoms. The number of methoxy groups -OCH3 is 2. The number of hydrogen-bond acceptors (Lipinski definition) is 7. The van der Waals surface area contributed by atoms with E-state index in [1.165, 1.54) is 32.6 Å². The van der Waals surface area contributed by atoms with Gasteiger partial charge in [0.05, 0.1) is 50.7 Å². The second kappa shape index (κ2) is 10.6. The molecule has 0 atom stereocenters. The molecule has 0 aliphatic rings. The first kappa shape index (κ1) is 24.5. The third-order valence-electron chi connectivity index (χ3n) is 4.50. The standard InChI is InChI=1S/C23H21F3N4O4/c1-4-34-15-5-6-18(19(10-15)23(24,25)26)20-12-27-13-21(29-20)22(31)30-28-11-14-7-16(32-2)9-17(8-14)33-3/h5-13H,4H2,1-3H3,(H,30,31)/b28-11+. The van der Waals surface area contributed by atoms with Crippen molar-refractivity contribution >= 4 is 12.1 Å². The van der Waals surface area contributed by atoms with E-state index in [1.807, 2.05) is 0 Å². The molecule has 0 radical (unpaired) electrons. The van der Waals surface area contributed by atoms with Crippen LogP contribution in [0.1, 0.15) is 28.5 Å². The SMILES string of the molecule is CCOc1ccc(-c2cncc(C(=O)N/N=C/c3cc(OC)cc(OC)c3)n2)c(C(F)(F)F)c1. The summed E-state index contributed by atoms with van der Waals surface area (Å²) in [5, 5.41) is 3.86. The van der Waals surface area contributed by atoms with Crippen LogP contribution in [0.5, 0.6) is 17.2 Å². The van der Waals surface area contributed by atoms with E-state index in [2.05, 4.69) is 20.5 Å². The maximum absolute atomic E-state index is 13.6. The Morgan fingerprint density at radius 2 is 1.76 bits per heavy atom. The quantitative estimate of drug-likeness (QED) is 0.386. The maximum atomic E-state index is 13.6. The first-order valence-corrected chi connectivity index (χ1v) is 9.98. The molecule has 178 valence electrons. The van der Waals surface area contributed by atoms with Crippen LogP contribution in [0, 0.1) is 0 Å². The summed E-state index contributed by atoms with van der Waals surface area (Å²) in [5.74, 6) is 0.381. The first-order chi connectivity index (χ1) is 16.2. The lowest BCUT2D eigenvalue weighted by Crippen LogP contribution is -2.19. The van der Waals surface area contributed by atoms with Crippen LogP contribution >= 0.6 is 0 Å². The largest absolute Gasteiger partial charge is 0.497 e. The molecule has 0 aliphatic heterocycles. The molecule has 34 heavy (non-hydrogen) atoms. The lowest BCUT2D eigenvalue weighted by atomic mass is 10.0. The van der Waals surface area contributed by atoms with E-state index in [4.69, 9.17) is 14.2 Å². The van der Waals surface area contributed by atoms with E-state index in [0.717, 1.165) is 18.5 Å². The van der Waals surface area contributed by atoms with Crippen LogP contribution in [0.2, 0.25) is 0 Å². The van der Waals surface area contributed by atoms with E-state index >= 15 is 0 Å². The summed E-state index contributed by atoms with van der Waals surface area (Å²) in [4.78, 5) is 20.4. The van der Waals surface area contributed by atoms with E-state index in [9.17, 15) is 18.0 Å². The van der Waals surface area contributed by atoms with Gasteiger partial charge in [-0.1, -0.05) is 0 Å². The van der Waals surface area contributed by atoms with Crippen molar-refractivity contribution in [2.24, 2.45) is 5.10 Å². The maximum Gasteiger partial charge on any atom is 0.417 e. The number of nitrogens with zero attached hydrogens (tertiary/aromatic N) is 3. The summed E-state index contributed by atoms with van der Waals surface area (Å²) in [5.41, 5.74) is 1.35. The number of carbonyl (C=O) groups excluding carboxylic acids is 1. The Labute approximate surface area is 193 Å². The van der Waals surface area contributed by atoms with Crippen molar-refractivity contribution in [2.45, 2.75) is 13.1 Å². The van der Waals surface area contributed by atoms with Crippen molar-refractivity contribution in [3.63, 3.8) is 0 Å². The molecule has 0 saturated heterocycles. The monoisotopic (exact) mass is 474 g/mol. The zero-order valence-corrected chi connectivity index (χ0v) is 18.5. The smallest absolute Gasteiger partial charge is 0.417 e. The lowest BCUT2D eigenvalue weighted by Gasteiger charge is -2.14. The lowest BCUT2D eigenvalue weighted by molar-refractivity contribution is -0.137. The highest BCUT2D eigenvalue weighted by atomic mass is 19.4. The van der Waals surface area contributed by atoms with Crippen LogP contribution in [-0.2, 0) is 6.18 Å². The van der Waals surface area contributed by atoms with Crippen molar-refractivity contribution in [3.8, 4) is 28.5 Å². The van der Waals surface area contributed by atoms with Crippen molar-refractivity contribution < 1.29 is 32.2 Å². The van der Waals surface area contributed by atoms with Gasteiger partial charge in [-0.15, -0.1) is 0 Å². The Balaban J connectivity index is 1.83. The summed E-state index contributed by atoms with van der Waals surface area (Å²) >= 11 is 0. The molecule has 8 nitrogen and oxygen atoms in total. The molecule has 1 amide bonds. The van der Waals surface area contributed by atoms with Crippen molar-refractivity contribution in [3.05, 3.63) is 65.6 Å². The van der Waals surface area contributed by atoms with Crippen molar-refractivity contribution in [1.29, 1.82) is 0 Å². The molecule has 0 fully saturated rings. The molecule has 0 aliphatic carbocycles. The van der Waals surface area contributed by atoms with Crippen LogP contribution in [0.25, 0.3) is 11.3 Å². The number of carbonyl (C=O) groups is 1. The molecular formula is C23H21F3N4O4. The molecule has 1 aromatic heterocycles. The highest BCUT2D eigenvalue weighted by Gasteiger charge is 2.34. The number of aromatic nitrogens is 2. The molecule has 0 unspecified atom stereocenters. The first-order valence-electron chi connectivity index (χ1n) is 9.98. The van der Waals surface area contributed by atoms with Gasteiger partial charge in [0.2, 0.25) is 0 Å². The van der Waals surface area contributed by atoms with Gasteiger partial charge in [0, 0.05) is 17.2 Å². The van der Waals surface area contributed by atoms with Gasteiger partial charge in [-0.25, -0.2) is 10.4 Å². The third kappa shape index (κ3) is 6.00. The van der Waals surface area contributed by atoms with Gasteiger partial charge in [0.25, 0.3) is 5.91 Å². The molecular weight excluding hydrogens is 453 g/mol. The highest BCUT2D eigenvalue weighted by molar-refractivity contribution is 5.93. The second-order valence-corrected chi connectivity index (χ2v) is 6.77. The third-order valence-corrected chi connectivity index (χ3v) is 4.50. The number of alkyl halides is 3. The topological polar surface area (TPSA) is 94.9 Å². The van der Waals surface area contributed by atoms with Gasteiger partial charge in [-0.3, -0.25) is 9.78 Å². The summed E-state index contributed by atoms with van der Waals surface area (Å²) in [6, 6.07) is 8.53. The van der Waals surface area contributed by atoms with Crippen LogP contribution in [0.3, 0.4) is 0 Å². The number of rotatable bonds is 8. The Morgan fingerprint density at radius 1 is 1.06 bits per heavy atom.